The van der Waals surface area contributed by atoms with E-state index in [1.165, 1.54) is 0 Å². The summed E-state index contributed by atoms with van der Waals surface area (Å²) in [5.74, 6) is 0.626. The van der Waals surface area contributed by atoms with Crippen molar-refractivity contribution in [2.75, 3.05) is 0 Å². The van der Waals surface area contributed by atoms with Crippen molar-refractivity contribution in [3.8, 4) is 0 Å². The van der Waals surface area contributed by atoms with Crippen molar-refractivity contribution in [2.45, 2.75) is 26.3 Å². The van der Waals surface area contributed by atoms with Crippen molar-refractivity contribution in [3.05, 3.63) is 65.5 Å². The van der Waals surface area contributed by atoms with E-state index in [4.69, 9.17) is 4.42 Å². The van der Waals surface area contributed by atoms with Gasteiger partial charge in [-0.25, -0.2) is 4.98 Å². The van der Waals surface area contributed by atoms with Gasteiger partial charge >= 0.3 is 0 Å². The topological polar surface area (TPSA) is 55.1 Å². The number of rotatable bonds is 4. The Morgan fingerprint density at radius 3 is 2.77 bits per heavy atom. The van der Waals surface area contributed by atoms with E-state index in [2.05, 4.69) is 10.3 Å². The Hall–Kier alpha value is -2.62. The first kappa shape index (κ1) is 14.3. The summed E-state index contributed by atoms with van der Waals surface area (Å²) in [6, 6.07) is 15.6. The summed E-state index contributed by atoms with van der Waals surface area (Å²) in [5.41, 5.74) is 3.55. The van der Waals surface area contributed by atoms with Gasteiger partial charge in [-0.3, -0.25) is 4.79 Å². The summed E-state index contributed by atoms with van der Waals surface area (Å²) in [6.07, 6.45) is 0.326. The van der Waals surface area contributed by atoms with Crippen LogP contribution < -0.4 is 5.32 Å². The summed E-state index contributed by atoms with van der Waals surface area (Å²) in [5, 5.41) is 3.01. The Morgan fingerprint density at radius 2 is 2.00 bits per heavy atom. The van der Waals surface area contributed by atoms with Crippen LogP contribution in [0.1, 0.15) is 30.0 Å². The maximum Gasteiger partial charge on any atom is 0.224 e. The van der Waals surface area contributed by atoms with Gasteiger partial charge in [0, 0.05) is 6.92 Å². The molecule has 0 spiro atoms. The lowest BCUT2D eigenvalue weighted by Crippen LogP contribution is -2.28. The van der Waals surface area contributed by atoms with Crippen LogP contribution in [0.15, 0.2) is 52.9 Å². The Kier molecular flexibility index (Phi) is 3.92. The third-order valence-corrected chi connectivity index (χ3v) is 3.60. The number of carbonyl (C=O) groups is 1. The Labute approximate surface area is 129 Å². The summed E-state index contributed by atoms with van der Waals surface area (Å²) >= 11 is 0. The number of benzene rings is 2. The molecule has 0 saturated heterocycles. The number of oxazole rings is 1. The summed E-state index contributed by atoms with van der Waals surface area (Å²) < 4.78 is 5.50. The van der Waals surface area contributed by atoms with Crippen LogP contribution in [0.5, 0.6) is 0 Å². The van der Waals surface area contributed by atoms with Crippen LogP contribution in [0.3, 0.4) is 0 Å². The van der Waals surface area contributed by atoms with E-state index < -0.39 is 0 Å². The van der Waals surface area contributed by atoms with Crippen LogP contribution in [0, 0.1) is 6.92 Å². The Balaban J connectivity index is 1.67. The molecule has 0 saturated carbocycles. The number of nitrogens with one attached hydrogen (secondary N) is 1. The second kappa shape index (κ2) is 6.02. The summed E-state index contributed by atoms with van der Waals surface area (Å²) in [4.78, 5) is 16.4. The van der Waals surface area contributed by atoms with Crippen LogP contribution in [0.25, 0.3) is 11.1 Å². The highest BCUT2D eigenvalue weighted by molar-refractivity contribution is 5.81. The lowest BCUT2D eigenvalue weighted by Gasteiger charge is -2.14. The lowest BCUT2D eigenvalue weighted by molar-refractivity contribution is -0.121. The number of amides is 1. The van der Waals surface area contributed by atoms with E-state index >= 15 is 0 Å². The highest BCUT2D eigenvalue weighted by atomic mass is 16.3. The molecule has 0 radical (unpaired) electrons. The van der Waals surface area contributed by atoms with Gasteiger partial charge in [-0.05, 0) is 30.2 Å². The van der Waals surface area contributed by atoms with E-state index in [1.54, 1.807) is 0 Å². The summed E-state index contributed by atoms with van der Waals surface area (Å²) in [7, 11) is 0. The van der Waals surface area contributed by atoms with E-state index in [1.807, 2.05) is 62.4 Å². The summed E-state index contributed by atoms with van der Waals surface area (Å²) in [6.45, 7) is 3.80. The van der Waals surface area contributed by atoms with E-state index in [9.17, 15) is 4.79 Å². The molecule has 3 rings (SSSR count). The maximum atomic E-state index is 12.2. The molecule has 0 aliphatic heterocycles. The minimum Gasteiger partial charge on any atom is -0.441 e. The third-order valence-electron chi connectivity index (χ3n) is 3.60. The number of carbonyl (C=O) groups excluding carboxylic acids is 1. The van der Waals surface area contributed by atoms with Gasteiger partial charge in [-0.15, -0.1) is 0 Å². The minimum absolute atomic E-state index is 0.00746. The van der Waals surface area contributed by atoms with Crippen molar-refractivity contribution < 1.29 is 9.21 Å². The van der Waals surface area contributed by atoms with Crippen LogP contribution in [-0.2, 0) is 11.2 Å². The predicted octanol–water partition coefficient (Wildman–Crippen LogP) is 3.56. The SMILES string of the molecule is Cc1nc2ccc(CC(=O)NC(C)c3ccccc3)cc2o1. The zero-order valence-corrected chi connectivity index (χ0v) is 12.7. The van der Waals surface area contributed by atoms with Crippen LogP contribution in [0.2, 0.25) is 0 Å². The van der Waals surface area contributed by atoms with E-state index in [0.717, 1.165) is 22.2 Å². The van der Waals surface area contributed by atoms with Crippen LogP contribution in [-0.4, -0.2) is 10.9 Å². The molecule has 1 atom stereocenters. The second-order valence-electron chi connectivity index (χ2n) is 5.41. The molecular formula is C18H18N2O2. The van der Waals surface area contributed by atoms with Gasteiger partial charge in [0.05, 0.1) is 12.5 Å². The number of hydrogen-bond acceptors (Lipinski definition) is 3. The molecule has 0 aliphatic carbocycles. The molecule has 22 heavy (non-hydrogen) atoms. The second-order valence-corrected chi connectivity index (χ2v) is 5.41. The fourth-order valence-corrected chi connectivity index (χ4v) is 2.50. The molecule has 112 valence electrons. The predicted molar refractivity (Wildman–Crippen MR) is 85.4 cm³/mol. The first-order valence-electron chi connectivity index (χ1n) is 7.32. The standard InChI is InChI=1S/C18H18N2O2/c1-12(15-6-4-3-5-7-15)19-18(21)11-14-8-9-16-17(10-14)22-13(2)20-16/h3-10,12H,11H2,1-2H3,(H,19,21). The van der Waals surface area contributed by atoms with Gasteiger partial charge in [0.2, 0.25) is 5.91 Å². The van der Waals surface area contributed by atoms with Crippen LogP contribution in [0.4, 0.5) is 0 Å². The molecule has 0 aliphatic rings. The molecule has 1 aromatic heterocycles. The molecule has 4 heteroatoms. The van der Waals surface area contributed by atoms with Gasteiger partial charge in [0.25, 0.3) is 0 Å². The van der Waals surface area contributed by atoms with E-state index in [0.29, 0.717) is 12.3 Å². The van der Waals surface area contributed by atoms with Gasteiger partial charge in [-0.1, -0.05) is 36.4 Å². The zero-order chi connectivity index (χ0) is 15.5. The first-order valence-corrected chi connectivity index (χ1v) is 7.32. The zero-order valence-electron chi connectivity index (χ0n) is 12.7. The molecule has 2 aromatic carbocycles. The molecule has 1 N–H and O–H groups in total. The smallest absolute Gasteiger partial charge is 0.224 e. The first-order chi connectivity index (χ1) is 10.6. The Bertz CT molecular complexity index is 793. The molecular weight excluding hydrogens is 276 g/mol. The number of hydrogen-bond donors (Lipinski definition) is 1. The van der Waals surface area contributed by atoms with Crippen molar-refractivity contribution in [1.29, 1.82) is 0 Å². The van der Waals surface area contributed by atoms with Crippen molar-refractivity contribution in [1.82, 2.24) is 10.3 Å². The van der Waals surface area contributed by atoms with Gasteiger partial charge in [-0.2, -0.15) is 0 Å². The minimum atomic E-state index is -0.00930. The number of fused-ring (bicyclic) bond motifs is 1. The molecule has 1 amide bonds. The average Bonchev–Trinajstić information content (AvgIpc) is 2.87. The third kappa shape index (κ3) is 3.17. The molecule has 3 aromatic rings. The molecule has 0 bridgehead atoms. The number of aryl methyl sites for hydroxylation is 1. The molecule has 1 unspecified atom stereocenters. The highest BCUT2D eigenvalue weighted by Gasteiger charge is 2.11. The number of nitrogens with zero attached hydrogens (tertiary/aromatic N) is 1. The monoisotopic (exact) mass is 294 g/mol. The number of aromatic nitrogens is 1. The van der Waals surface area contributed by atoms with Crippen LogP contribution >= 0.6 is 0 Å². The fourth-order valence-electron chi connectivity index (χ4n) is 2.50. The molecule has 0 fully saturated rings. The largest absolute Gasteiger partial charge is 0.441 e. The normalized spacial score (nSPS) is 12.3. The van der Waals surface area contributed by atoms with Crippen molar-refractivity contribution in [3.63, 3.8) is 0 Å². The quantitative estimate of drug-likeness (QED) is 0.800. The average molecular weight is 294 g/mol. The molecule has 1 heterocycles. The van der Waals surface area contributed by atoms with Crippen molar-refractivity contribution >= 4 is 17.0 Å². The fraction of sp³-hybridized carbons (Fsp3) is 0.222. The van der Waals surface area contributed by atoms with E-state index in [-0.39, 0.29) is 11.9 Å². The Morgan fingerprint density at radius 1 is 1.23 bits per heavy atom. The van der Waals surface area contributed by atoms with Gasteiger partial charge in [0.1, 0.15) is 5.52 Å². The van der Waals surface area contributed by atoms with Gasteiger partial charge in [0.15, 0.2) is 11.5 Å². The maximum absolute atomic E-state index is 12.2. The molecule has 4 nitrogen and oxygen atoms in total. The van der Waals surface area contributed by atoms with Crippen molar-refractivity contribution in [2.24, 2.45) is 0 Å². The lowest BCUT2D eigenvalue weighted by atomic mass is 10.1. The highest BCUT2D eigenvalue weighted by Crippen LogP contribution is 2.17. The van der Waals surface area contributed by atoms with Gasteiger partial charge < -0.3 is 9.73 Å².